The predicted molar refractivity (Wildman–Crippen MR) is 115 cm³/mol. The van der Waals surface area contributed by atoms with Crippen molar-refractivity contribution in [2.75, 3.05) is 7.11 Å². The molecular formula is C22H44O3Sn. The number of methoxy groups -OCH3 is 1. The van der Waals surface area contributed by atoms with E-state index in [4.69, 9.17) is 4.74 Å². The zero-order chi connectivity index (χ0) is 20.2. The van der Waals surface area contributed by atoms with E-state index in [1.807, 2.05) is 26.8 Å². The van der Waals surface area contributed by atoms with Gasteiger partial charge in [-0.3, -0.25) is 0 Å². The molecule has 0 aromatic heterocycles. The molecule has 0 aliphatic heterocycles. The van der Waals surface area contributed by atoms with Gasteiger partial charge in [-0.15, -0.1) is 0 Å². The van der Waals surface area contributed by atoms with E-state index >= 15 is 0 Å². The third kappa shape index (κ3) is 8.33. The van der Waals surface area contributed by atoms with Crippen LogP contribution in [0.2, 0.25) is 17.7 Å². The Kier molecular flexibility index (Phi) is 13.2. The Labute approximate surface area is 166 Å². The number of hydrogen-bond donors (Lipinski definition) is 1. The van der Waals surface area contributed by atoms with E-state index in [1.54, 1.807) is 0 Å². The van der Waals surface area contributed by atoms with Crippen molar-refractivity contribution in [3.63, 3.8) is 0 Å². The molecule has 0 aliphatic rings. The van der Waals surface area contributed by atoms with Crippen LogP contribution in [0.25, 0.3) is 0 Å². The van der Waals surface area contributed by atoms with Crippen molar-refractivity contribution in [1.29, 1.82) is 0 Å². The zero-order valence-electron chi connectivity index (χ0n) is 18.5. The van der Waals surface area contributed by atoms with Crippen LogP contribution in [0.15, 0.2) is 11.6 Å². The molecule has 0 radical (unpaired) electrons. The third-order valence-electron chi connectivity index (χ3n) is 5.72. The van der Waals surface area contributed by atoms with Crippen LogP contribution in [-0.2, 0) is 9.53 Å². The molecular weight excluding hydrogens is 431 g/mol. The van der Waals surface area contributed by atoms with E-state index in [2.05, 4.69) is 20.8 Å². The van der Waals surface area contributed by atoms with Crippen LogP contribution in [-0.4, -0.2) is 42.7 Å². The van der Waals surface area contributed by atoms with E-state index in [9.17, 15) is 9.90 Å². The van der Waals surface area contributed by atoms with Crippen molar-refractivity contribution in [1.82, 2.24) is 0 Å². The number of hydrogen-bond acceptors (Lipinski definition) is 3. The van der Waals surface area contributed by atoms with Crippen LogP contribution >= 0.6 is 0 Å². The molecule has 2 unspecified atom stereocenters. The Balaban J connectivity index is 5.88. The summed E-state index contributed by atoms with van der Waals surface area (Å²) in [5.41, 5.74) is 0.237. The Morgan fingerprint density at radius 2 is 1.46 bits per heavy atom. The summed E-state index contributed by atoms with van der Waals surface area (Å²) in [7, 11) is 1.46. The van der Waals surface area contributed by atoms with Crippen LogP contribution in [0.1, 0.15) is 80.1 Å². The van der Waals surface area contributed by atoms with Crippen molar-refractivity contribution in [2.24, 2.45) is 5.41 Å². The molecule has 0 bridgehead atoms. The van der Waals surface area contributed by atoms with E-state index in [0.717, 1.165) is 10.0 Å². The number of ether oxygens (including phenoxy) is 1. The molecule has 0 spiro atoms. The number of carbonyl (C=O) groups is 1. The number of aliphatic hydroxyl groups is 1. The average molecular weight is 475 g/mol. The van der Waals surface area contributed by atoms with Gasteiger partial charge in [0.25, 0.3) is 0 Å². The molecule has 0 aliphatic carbocycles. The molecule has 154 valence electrons. The number of unbranched alkanes of at least 4 members (excludes halogenated alkanes) is 3. The molecule has 0 aromatic carbocycles. The number of carbonyl (C=O) groups excluding carboxylic acids is 1. The fraction of sp³-hybridized carbons (Fsp3) is 0.864. The van der Waals surface area contributed by atoms with Crippen molar-refractivity contribution >= 4 is 24.3 Å². The number of rotatable bonds is 14. The Morgan fingerprint density at radius 1 is 1.04 bits per heavy atom. The fourth-order valence-electron chi connectivity index (χ4n) is 4.10. The second-order valence-electron chi connectivity index (χ2n) is 8.59. The minimum atomic E-state index is -2.59. The monoisotopic (exact) mass is 476 g/mol. The van der Waals surface area contributed by atoms with Crippen molar-refractivity contribution in [3.05, 3.63) is 11.6 Å². The first-order valence-electron chi connectivity index (χ1n) is 10.6. The molecule has 1 N–H and O–H groups in total. The zero-order valence-corrected chi connectivity index (χ0v) is 21.3. The summed E-state index contributed by atoms with van der Waals surface area (Å²) in [6.45, 7) is 12.7. The van der Waals surface area contributed by atoms with Crippen molar-refractivity contribution in [2.45, 2.75) is 104 Å². The van der Waals surface area contributed by atoms with Gasteiger partial charge in [0.05, 0.1) is 0 Å². The normalized spacial score (nSPS) is 15.2. The first-order valence-corrected chi connectivity index (χ1v) is 18.7. The van der Waals surface area contributed by atoms with Gasteiger partial charge in [-0.2, -0.15) is 0 Å². The van der Waals surface area contributed by atoms with Crippen molar-refractivity contribution in [3.8, 4) is 0 Å². The quantitative estimate of drug-likeness (QED) is 0.181. The molecule has 3 nitrogen and oxygen atoms in total. The molecule has 0 amide bonds. The average Bonchev–Trinajstić information content (AvgIpc) is 2.61. The molecule has 0 saturated carbocycles. The Bertz CT molecular complexity index is 407. The van der Waals surface area contributed by atoms with Crippen LogP contribution in [0.4, 0.5) is 0 Å². The summed E-state index contributed by atoms with van der Waals surface area (Å²) in [6, 6.07) is 0. The third-order valence-corrected chi connectivity index (χ3v) is 22.1. The summed E-state index contributed by atoms with van der Waals surface area (Å²) >= 11 is -2.59. The van der Waals surface area contributed by atoms with E-state index in [-0.39, 0.29) is 5.97 Å². The molecule has 0 aromatic rings. The van der Waals surface area contributed by atoms with Gasteiger partial charge in [-0.1, -0.05) is 0 Å². The molecule has 4 heteroatoms. The first kappa shape index (κ1) is 26.0. The standard InChI is InChI=1S/C10H17O3.3C4H9.Sn/c1-7(2)6-8(11)10(3,4)9(12)13-5;3*1-3-4-2;/h6,8,11H,3H2,1-2,4-5H3;3*1,3-4H2,2H3;. The van der Waals surface area contributed by atoms with Crippen LogP contribution in [0, 0.1) is 5.41 Å². The maximum absolute atomic E-state index is 12.8. The van der Waals surface area contributed by atoms with Gasteiger partial charge >= 0.3 is 167 Å². The van der Waals surface area contributed by atoms with E-state index < -0.39 is 29.9 Å². The second-order valence-corrected chi connectivity index (χ2v) is 22.4. The fourth-order valence-corrected chi connectivity index (χ4v) is 22.7. The van der Waals surface area contributed by atoms with Crippen molar-refractivity contribution < 1.29 is 14.6 Å². The van der Waals surface area contributed by atoms with Gasteiger partial charge in [0.1, 0.15) is 0 Å². The Hall–Kier alpha value is -0.0313. The summed E-state index contributed by atoms with van der Waals surface area (Å²) in [5.74, 6) is -0.243. The van der Waals surface area contributed by atoms with Gasteiger partial charge < -0.3 is 0 Å². The van der Waals surface area contributed by atoms with Gasteiger partial charge in [0.2, 0.25) is 0 Å². The van der Waals surface area contributed by atoms with Gasteiger partial charge in [0.15, 0.2) is 0 Å². The van der Waals surface area contributed by atoms with E-state index in [0.29, 0.717) is 0 Å². The maximum atomic E-state index is 12.8. The first-order chi connectivity index (χ1) is 12.2. The number of esters is 1. The Morgan fingerprint density at radius 3 is 1.77 bits per heavy atom. The summed E-state index contributed by atoms with van der Waals surface area (Å²) in [6.07, 6.45) is 8.50. The van der Waals surface area contributed by atoms with E-state index in [1.165, 1.54) is 58.9 Å². The van der Waals surface area contributed by atoms with Gasteiger partial charge in [-0.05, 0) is 0 Å². The molecule has 0 rings (SSSR count). The van der Waals surface area contributed by atoms with Crippen LogP contribution in [0.3, 0.4) is 0 Å². The van der Waals surface area contributed by atoms with Crippen LogP contribution < -0.4 is 0 Å². The SMILES string of the molecule is CCC[CH2][Sn]([CH2]CCC)([CH2]CCC)[CH2]C(C)(C(=O)OC)C(O)C=C(C)C. The van der Waals surface area contributed by atoms with Crippen LogP contribution in [0.5, 0.6) is 0 Å². The summed E-state index contributed by atoms with van der Waals surface area (Å²) < 4.78 is 10.1. The molecule has 0 saturated heterocycles. The topological polar surface area (TPSA) is 46.5 Å². The van der Waals surface area contributed by atoms with Gasteiger partial charge in [-0.25, -0.2) is 0 Å². The van der Waals surface area contributed by atoms with Gasteiger partial charge in [0, 0.05) is 0 Å². The second kappa shape index (κ2) is 13.2. The minimum absolute atomic E-state index is 0.243. The summed E-state index contributed by atoms with van der Waals surface area (Å²) in [4.78, 5) is 12.8. The number of aliphatic hydroxyl groups excluding tert-OH is 1. The summed E-state index contributed by atoms with van der Waals surface area (Å²) in [5, 5.41) is 10.9. The molecule has 26 heavy (non-hydrogen) atoms. The molecule has 2 atom stereocenters. The molecule has 0 fully saturated rings. The molecule has 0 heterocycles. The predicted octanol–water partition coefficient (Wildman–Crippen LogP) is 6.34. The number of allylic oxidation sites excluding steroid dienone is 1.